The van der Waals surface area contributed by atoms with Crippen molar-refractivity contribution in [1.29, 1.82) is 5.15 Å². The van der Waals surface area contributed by atoms with Crippen LogP contribution >= 0.6 is 9.03 Å². The molecule has 0 aliphatic carbocycles. The molecule has 0 aliphatic heterocycles. The lowest BCUT2D eigenvalue weighted by Crippen LogP contribution is -2.21. The Hall–Kier alpha value is -1.45. The molecular formula is C10H15N2O3P. The highest BCUT2D eigenvalue weighted by atomic mass is 31.0. The highest BCUT2D eigenvalue weighted by Gasteiger charge is 2.00. The quantitative estimate of drug-likeness (QED) is 0.708. The zero-order valence-electron chi connectivity index (χ0n) is 9.93. The molecule has 0 unspecified atom stereocenters. The Bertz CT molecular complexity index is 346. The molecule has 6 heteroatoms. The van der Waals surface area contributed by atoms with Gasteiger partial charge in [0.25, 0.3) is 0 Å². The maximum Gasteiger partial charge on any atom is 0.412 e. The Morgan fingerprint density at radius 1 is 1.62 bits per heavy atom. The summed E-state index contributed by atoms with van der Waals surface area (Å²) >= 11 is 0. The number of hydrogen-bond acceptors (Lipinski definition) is 4. The van der Waals surface area contributed by atoms with Gasteiger partial charge in [0.1, 0.15) is 5.75 Å². The molecule has 0 fully saturated rings. The highest BCUT2D eigenvalue weighted by Crippen LogP contribution is 2.12. The van der Waals surface area contributed by atoms with Crippen molar-refractivity contribution in [1.82, 2.24) is 5.32 Å². The Kier molecular flexibility index (Phi) is 6.96. The van der Waals surface area contributed by atoms with E-state index in [9.17, 15) is 4.79 Å². The molecule has 0 saturated carbocycles. The summed E-state index contributed by atoms with van der Waals surface area (Å²) in [4.78, 5) is 10.8. The topological polar surface area (TPSA) is 82.4 Å². The number of aliphatic hydroxyl groups is 1. The smallest absolute Gasteiger partial charge is 0.410 e. The van der Waals surface area contributed by atoms with Gasteiger partial charge in [-0.1, -0.05) is 12.1 Å². The molecule has 0 aromatic heterocycles. The number of nitrogens with one attached hydrogen (secondary N) is 2. The fourth-order valence-electron chi connectivity index (χ4n) is 1.01. The number of carbonyl (C=O) groups is 1. The van der Waals surface area contributed by atoms with Crippen molar-refractivity contribution >= 4 is 15.1 Å². The van der Waals surface area contributed by atoms with Crippen LogP contribution in [-0.4, -0.2) is 24.9 Å². The predicted molar refractivity (Wildman–Crippen MR) is 63.4 cm³/mol. The van der Waals surface area contributed by atoms with Gasteiger partial charge >= 0.3 is 6.09 Å². The maximum atomic E-state index is 10.8. The fraction of sp³-hybridized carbons (Fsp3) is 0.300. The number of ether oxygens (including phenoxy) is 1. The van der Waals surface area contributed by atoms with E-state index in [1.807, 2.05) is 12.1 Å². The molecule has 5 nitrogen and oxygen atoms in total. The number of rotatable bonds is 3. The molecule has 1 amide bonds. The van der Waals surface area contributed by atoms with Crippen molar-refractivity contribution in [2.75, 3.05) is 13.7 Å². The van der Waals surface area contributed by atoms with Crippen LogP contribution in [0.25, 0.3) is 0 Å². The van der Waals surface area contributed by atoms with E-state index in [1.54, 1.807) is 12.1 Å². The Labute approximate surface area is 98.0 Å². The summed E-state index contributed by atoms with van der Waals surface area (Å²) in [6, 6.07) is 7.02. The molecule has 0 atom stereocenters. The minimum Gasteiger partial charge on any atom is -0.410 e. The second-order valence-corrected chi connectivity index (χ2v) is 2.76. The van der Waals surface area contributed by atoms with Crippen LogP contribution in [-0.2, 0) is 6.42 Å². The summed E-state index contributed by atoms with van der Waals surface area (Å²) in [5.41, 5.74) is 1.01. The van der Waals surface area contributed by atoms with Gasteiger partial charge in [-0.25, -0.2) is 4.79 Å². The molecule has 0 radical (unpaired) electrons. The van der Waals surface area contributed by atoms with Crippen molar-refractivity contribution in [2.45, 2.75) is 6.42 Å². The van der Waals surface area contributed by atoms with Crippen LogP contribution < -0.4 is 10.1 Å². The van der Waals surface area contributed by atoms with Crippen molar-refractivity contribution in [2.24, 2.45) is 0 Å². The van der Waals surface area contributed by atoms with E-state index < -0.39 is 6.09 Å². The number of amides is 1. The van der Waals surface area contributed by atoms with Gasteiger partial charge in [0.15, 0.2) is 1.41 Å². The third-order valence-corrected chi connectivity index (χ3v) is 1.74. The monoisotopic (exact) mass is 243 g/mol. The average Bonchev–Trinajstić information content (AvgIpc) is 2.33. The Morgan fingerprint density at radius 3 is 2.62 bits per heavy atom. The number of benzene rings is 1. The summed E-state index contributed by atoms with van der Waals surface area (Å²) in [5, 5.41) is 13.6. The normalized spacial score (nSPS) is 9.25. The summed E-state index contributed by atoms with van der Waals surface area (Å²) in [6.45, 7) is 0.121. The summed E-state index contributed by atoms with van der Waals surface area (Å²) in [6.07, 6.45) is 0.125. The zero-order valence-corrected chi connectivity index (χ0v) is 9.93. The highest BCUT2D eigenvalue weighted by molar-refractivity contribution is 7.02. The largest absolute Gasteiger partial charge is 0.412 e. The first-order valence-corrected chi connectivity index (χ1v) is 5.02. The summed E-state index contributed by atoms with van der Waals surface area (Å²) in [5.74, 6) is 0.492. The molecule has 1 aromatic rings. The van der Waals surface area contributed by atoms with Crippen LogP contribution in [0.4, 0.5) is 4.79 Å². The number of aliphatic hydroxyl groups excluding tert-OH is 1. The van der Waals surface area contributed by atoms with Crippen LogP contribution in [0.3, 0.4) is 0 Å². The molecule has 88 valence electrons. The molecule has 0 spiro atoms. The van der Waals surface area contributed by atoms with Gasteiger partial charge in [0.05, 0.1) is 0 Å². The molecule has 1 aromatic carbocycles. The second kappa shape index (κ2) is 8.83. The van der Waals surface area contributed by atoms with Gasteiger partial charge in [0.2, 0.25) is 0 Å². The van der Waals surface area contributed by atoms with E-state index in [0.29, 0.717) is 12.2 Å². The molecule has 0 bridgehead atoms. The average molecular weight is 243 g/mol. The number of hydrogen-bond donors (Lipinski definition) is 3. The van der Waals surface area contributed by atoms with Crippen LogP contribution in [0.5, 0.6) is 5.75 Å². The second-order valence-electron chi connectivity index (χ2n) is 2.76. The minimum absolute atomic E-state index is 0.121. The summed E-state index contributed by atoms with van der Waals surface area (Å²) in [7, 11) is 3.98. The third kappa shape index (κ3) is 5.44. The van der Waals surface area contributed by atoms with Gasteiger partial charge in [-0.05, 0) is 33.1 Å². The molecule has 16 heavy (non-hydrogen) atoms. The van der Waals surface area contributed by atoms with E-state index in [0.717, 1.165) is 5.56 Å². The number of carbonyl (C=O) groups excluding carboxylic acids is 1. The van der Waals surface area contributed by atoms with E-state index >= 15 is 0 Å². The first-order chi connectivity index (χ1) is 8.17. The minimum atomic E-state index is -0.486. The fourth-order valence-corrected chi connectivity index (χ4v) is 1.01. The molecule has 0 aliphatic rings. The van der Waals surface area contributed by atoms with Crippen LogP contribution in [0.2, 0.25) is 1.41 Å². The van der Waals surface area contributed by atoms with Crippen molar-refractivity contribution in [3.05, 3.63) is 29.8 Å². The first-order valence-electron chi connectivity index (χ1n) is 5.02. The zero-order chi connectivity index (χ0) is 13.1. The van der Waals surface area contributed by atoms with Crippen molar-refractivity contribution in [3.63, 3.8) is 0 Å². The first kappa shape index (κ1) is 12.6. The van der Waals surface area contributed by atoms with E-state index in [1.165, 1.54) is 7.05 Å². The lowest BCUT2D eigenvalue weighted by atomic mass is 10.1. The van der Waals surface area contributed by atoms with E-state index in [4.69, 9.17) is 11.3 Å². The Morgan fingerprint density at radius 2 is 2.19 bits per heavy atom. The molecule has 0 heterocycles. The van der Waals surface area contributed by atoms with Crippen LogP contribution in [0.15, 0.2) is 24.3 Å². The van der Waals surface area contributed by atoms with E-state index in [-0.39, 0.29) is 6.61 Å². The maximum absolute atomic E-state index is 10.8. The predicted octanol–water partition coefficient (Wildman–Crippen LogP) is 1.83. The standard InChI is InChI=1S/C10H13NO3.H2NP/c1-11-10(13)14-9-4-2-8(3-5-9)6-7-12;1-2/h2-5,12H,6-7H2,1H3,(H,11,13);1-2H/i/hD. The van der Waals surface area contributed by atoms with Crippen molar-refractivity contribution in [3.8, 4) is 5.75 Å². The molecule has 3 N–H and O–H groups in total. The third-order valence-electron chi connectivity index (χ3n) is 1.74. The van der Waals surface area contributed by atoms with E-state index in [2.05, 4.69) is 19.5 Å². The molecule has 0 saturated heterocycles. The van der Waals surface area contributed by atoms with Crippen LogP contribution in [0, 0.1) is 5.15 Å². The lowest BCUT2D eigenvalue weighted by Gasteiger charge is -2.03. The lowest BCUT2D eigenvalue weighted by molar-refractivity contribution is 0.203. The van der Waals surface area contributed by atoms with Gasteiger partial charge < -0.3 is 15.2 Å². The Balaban J connectivity index is 0.000000770. The van der Waals surface area contributed by atoms with Crippen LogP contribution in [0.1, 0.15) is 5.56 Å². The SMILES string of the molecule is CNC(=O)Oc1ccc(CCO)cc1.[2H]N=P. The van der Waals surface area contributed by atoms with Gasteiger partial charge in [-0.2, -0.15) is 0 Å². The van der Waals surface area contributed by atoms with Crippen molar-refractivity contribution < 1.29 is 16.0 Å². The van der Waals surface area contributed by atoms with Gasteiger partial charge in [-0.3, -0.25) is 5.15 Å². The summed E-state index contributed by atoms with van der Waals surface area (Å²) < 4.78 is 10.6. The molecular weight excluding hydrogens is 227 g/mol. The van der Waals surface area contributed by atoms with Gasteiger partial charge in [-0.15, -0.1) is 0 Å². The van der Waals surface area contributed by atoms with Gasteiger partial charge in [0, 0.05) is 13.7 Å². The molecule has 1 rings (SSSR count).